The van der Waals surface area contributed by atoms with Gasteiger partial charge in [0.05, 0.1) is 5.69 Å². The van der Waals surface area contributed by atoms with Crippen LogP contribution in [0.2, 0.25) is 0 Å². The van der Waals surface area contributed by atoms with E-state index in [4.69, 9.17) is 4.98 Å². The first kappa shape index (κ1) is 16.0. The van der Waals surface area contributed by atoms with Gasteiger partial charge in [0.1, 0.15) is 5.82 Å². The van der Waals surface area contributed by atoms with Crippen LogP contribution in [0.3, 0.4) is 0 Å². The molecule has 5 heteroatoms. The minimum atomic E-state index is -0.925. The fraction of sp³-hybridized carbons (Fsp3) is 0.526. The van der Waals surface area contributed by atoms with Crippen molar-refractivity contribution in [1.82, 2.24) is 14.9 Å². The number of aryl methyl sites for hydroxylation is 1. The van der Waals surface area contributed by atoms with Crippen molar-refractivity contribution in [1.29, 1.82) is 0 Å². The van der Waals surface area contributed by atoms with Crippen LogP contribution in [0.25, 0.3) is 11.3 Å². The molecule has 1 aromatic heterocycles. The summed E-state index contributed by atoms with van der Waals surface area (Å²) in [7, 11) is -0.925. The third-order valence-corrected chi connectivity index (χ3v) is 6.50. The summed E-state index contributed by atoms with van der Waals surface area (Å²) in [4.78, 5) is 5.72. The monoisotopic (exact) mass is 343 g/mol. The van der Waals surface area contributed by atoms with Crippen LogP contribution >= 0.6 is 0 Å². The van der Waals surface area contributed by atoms with E-state index < -0.39 is 10.8 Å². The molecule has 4 nitrogen and oxygen atoms in total. The SMILES string of the molecule is CS(=O)c1ccc(-c2cn3c(n2)CCC(C2CCNCC2)C3)cc1. The zero-order chi connectivity index (χ0) is 16.5. The van der Waals surface area contributed by atoms with Gasteiger partial charge in [-0.3, -0.25) is 4.21 Å². The molecule has 0 radical (unpaired) electrons. The molecule has 1 saturated heterocycles. The Hall–Kier alpha value is -1.46. The standard InChI is InChI=1S/C19H25N3OS/c1-24(23)17-5-2-15(3-6-17)18-13-22-12-16(4-7-19(22)21-18)14-8-10-20-11-9-14/h2-3,5-6,13-14,16,20H,4,7-12H2,1H3. The summed E-state index contributed by atoms with van der Waals surface area (Å²) in [6.45, 7) is 3.47. The van der Waals surface area contributed by atoms with Gasteiger partial charge in [-0.1, -0.05) is 12.1 Å². The van der Waals surface area contributed by atoms with Crippen molar-refractivity contribution in [2.75, 3.05) is 19.3 Å². The lowest BCUT2D eigenvalue weighted by molar-refractivity contribution is 0.205. The van der Waals surface area contributed by atoms with Crippen molar-refractivity contribution >= 4 is 10.8 Å². The molecule has 0 spiro atoms. The molecule has 2 aromatic rings. The van der Waals surface area contributed by atoms with Crippen molar-refractivity contribution in [3.05, 3.63) is 36.3 Å². The Morgan fingerprint density at radius 3 is 2.58 bits per heavy atom. The van der Waals surface area contributed by atoms with Crippen LogP contribution in [0, 0.1) is 11.8 Å². The fourth-order valence-electron chi connectivity index (χ4n) is 4.13. The minimum Gasteiger partial charge on any atom is -0.334 e. The van der Waals surface area contributed by atoms with Gasteiger partial charge in [0.25, 0.3) is 0 Å². The third kappa shape index (κ3) is 3.20. The zero-order valence-electron chi connectivity index (χ0n) is 14.2. The normalized spacial score (nSPS) is 23.0. The maximum atomic E-state index is 11.5. The summed E-state index contributed by atoms with van der Waals surface area (Å²) in [5, 5.41) is 3.47. The van der Waals surface area contributed by atoms with Gasteiger partial charge in [-0.2, -0.15) is 0 Å². The van der Waals surface area contributed by atoms with Crippen molar-refractivity contribution in [2.45, 2.75) is 37.1 Å². The Morgan fingerprint density at radius 1 is 1.12 bits per heavy atom. The van der Waals surface area contributed by atoms with Gasteiger partial charge >= 0.3 is 0 Å². The second-order valence-electron chi connectivity index (χ2n) is 7.06. The highest BCUT2D eigenvalue weighted by molar-refractivity contribution is 7.84. The molecule has 4 rings (SSSR count). The molecule has 2 unspecified atom stereocenters. The predicted molar refractivity (Wildman–Crippen MR) is 97.4 cm³/mol. The average Bonchev–Trinajstić information content (AvgIpc) is 3.06. The third-order valence-electron chi connectivity index (χ3n) is 5.56. The van der Waals surface area contributed by atoms with Gasteiger partial charge in [0.2, 0.25) is 0 Å². The minimum absolute atomic E-state index is 0.798. The van der Waals surface area contributed by atoms with Crippen molar-refractivity contribution in [3.63, 3.8) is 0 Å². The summed E-state index contributed by atoms with van der Waals surface area (Å²) in [6, 6.07) is 7.97. The van der Waals surface area contributed by atoms with E-state index in [1.165, 1.54) is 38.2 Å². The molecule has 1 aromatic carbocycles. The Morgan fingerprint density at radius 2 is 1.88 bits per heavy atom. The lowest BCUT2D eigenvalue weighted by Crippen LogP contribution is -2.35. The van der Waals surface area contributed by atoms with Crippen LogP contribution in [-0.4, -0.2) is 33.1 Å². The highest BCUT2D eigenvalue weighted by atomic mass is 32.2. The Balaban J connectivity index is 1.52. The van der Waals surface area contributed by atoms with Crippen LogP contribution in [-0.2, 0) is 23.8 Å². The van der Waals surface area contributed by atoms with Crippen molar-refractivity contribution in [2.24, 2.45) is 11.8 Å². The molecule has 128 valence electrons. The summed E-state index contributed by atoms with van der Waals surface area (Å²) in [5.74, 6) is 2.88. The maximum absolute atomic E-state index is 11.5. The van der Waals surface area contributed by atoms with E-state index in [0.29, 0.717) is 0 Å². The molecular formula is C19H25N3OS. The molecule has 1 N–H and O–H groups in total. The second-order valence-corrected chi connectivity index (χ2v) is 8.44. The van der Waals surface area contributed by atoms with Crippen LogP contribution in [0.4, 0.5) is 0 Å². The van der Waals surface area contributed by atoms with Gasteiger partial charge in [0, 0.05) is 46.7 Å². The number of hydrogen-bond acceptors (Lipinski definition) is 3. The number of fused-ring (bicyclic) bond motifs is 1. The molecule has 3 heterocycles. The number of imidazole rings is 1. The molecule has 2 atom stereocenters. The van der Waals surface area contributed by atoms with Crippen molar-refractivity contribution in [3.8, 4) is 11.3 Å². The number of nitrogens with one attached hydrogen (secondary N) is 1. The first-order chi connectivity index (χ1) is 11.7. The Labute approximate surface area is 146 Å². The highest BCUT2D eigenvalue weighted by Crippen LogP contribution is 2.32. The summed E-state index contributed by atoms with van der Waals surface area (Å²) in [5.41, 5.74) is 2.16. The number of rotatable bonds is 3. The van der Waals surface area contributed by atoms with Crippen LogP contribution in [0.15, 0.2) is 35.4 Å². The van der Waals surface area contributed by atoms with E-state index in [1.807, 2.05) is 24.3 Å². The summed E-state index contributed by atoms with van der Waals surface area (Å²) < 4.78 is 13.9. The number of benzene rings is 1. The van der Waals surface area contributed by atoms with Gasteiger partial charge < -0.3 is 9.88 Å². The van der Waals surface area contributed by atoms with Gasteiger partial charge in [-0.05, 0) is 56.3 Å². The second kappa shape index (κ2) is 6.81. The smallest absolute Gasteiger partial charge is 0.109 e. The first-order valence-corrected chi connectivity index (χ1v) is 10.5. The number of aromatic nitrogens is 2. The average molecular weight is 343 g/mol. The summed E-state index contributed by atoms with van der Waals surface area (Å²) in [6.07, 6.45) is 8.92. The van der Waals surface area contributed by atoms with Crippen molar-refractivity contribution < 1.29 is 4.21 Å². The Bertz CT molecular complexity index is 732. The van der Waals surface area contributed by atoms with Crippen LogP contribution in [0.1, 0.15) is 25.1 Å². The van der Waals surface area contributed by atoms with E-state index >= 15 is 0 Å². The quantitative estimate of drug-likeness (QED) is 0.932. The van der Waals surface area contributed by atoms with E-state index in [9.17, 15) is 4.21 Å². The van der Waals surface area contributed by atoms with Gasteiger partial charge in [-0.25, -0.2) is 4.98 Å². The number of nitrogens with zero attached hydrogens (tertiary/aromatic N) is 2. The molecule has 1 fully saturated rings. The van der Waals surface area contributed by atoms with E-state index in [1.54, 1.807) is 6.26 Å². The molecule has 0 amide bonds. The zero-order valence-corrected chi connectivity index (χ0v) is 15.0. The van der Waals surface area contributed by atoms with Crippen LogP contribution < -0.4 is 5.32 Å². The molecule has 0 bridgehead atoms. The first-order valence-electron chi connectivity index (χ1n) is 8.91. The lowest BCUT2D eigenvalue weighted by atomic mass is 9.81. The molecular weight excluding hydrogens is 318 g/mol. The lowest BCUT2D eigenvalue weighted by Gasteiger charge is -2.33. The van der Waals surface area contributed by atoms with Gasteiger partial charge in [-0.15, -0.1) is 0 Å². The number of piperidine rings is 1. The highest BCUT2D eigenvalue weighted by Gasteiger charge is 2.28. The topological polar surface area (TPSA) is 46.9 Å². The van der Waals surface area contributed by atoms with Gasteiger partial charge in [0.15, 0.2) is 0 Å². The predicted octanol–water partition coefficient (Wildman–Crippen LogP) is 2.85. The van der Waals surface area contributed by atoms with E-state index in [0.717, 1.165) is 41.0 Å². The number of hydrogen-bond donors (Lipinski definition) is 1. The molecule has 24 heavy (non-hydrogen) atoms. The summed E-state index contributed by atoms with van der Waals surface area (Å²) >= 11 is 0. The Kier molecular flexibility index (Phi) is 4.55. The van der Waals surface area contributed by atoms with E-state index in [-0.39, 0.29) is 0 Å². The molecule has 0 saturated carbocycles. The molecule has 0 aliphatic carbocycles. The molecule has 2 aliphatic heterocycles. The largest absolute Gasteiger partial charge is 0.334 e. The maximum Gasteiger partial charge on any atom is 0.109 e. The van der Waals surface area contributed by atoms with Crippen LogP contribution in [0.5, 0.6) is 0 Å². The fourth-order valence-corrected chi connectivity index (χ4v) is 4.65. The molecule has 2 aliphatic rings. The van der Waals surface area contributed by atoms with E-state index in [2.05, 4.69) is 16.1 Å².